The highest BCUT2D eigenvalue weighted by atomic mass is 16.4. The third kappa shape index (κ3) is 3.04. The predicted molar refractivity (Wildman–Crippen MR) is 81.4 cm³/mol. The normalized spacial score (nSPS) is 18.0. The van der Waals surface area contributed by atoms with Crippen LogP contribution in [0.4, 0.5) is 11.4 Å². The monoisotopic (exact) mass is 277 g/mol. The summed E-state index contributed by atoms with van der Waals surface area (Å²) in [5.74, 6) is -0.920. The Bertz CT molecular complexity index is 482. The number of hydrogen-bond acceptors (Lipinski definition) is 4. The highest BCUT2D eigenvalue weighted by Gasteiger charge is 2.23. The van der Waals surface area contributed by atoms with Gasteiger partial charge in [-0.2, -0.15) is 0 Å². The van der Waals surface area contributed by atoms with Crippen molar-refractivity contribution in [3.63, 3.8) is 0 Å². The van der Waals surface area contributed by atoms with E-state index < -0.39 is 5.97 Å². The Morgan fingerprint density at radius 3 is 2.55 bits per heavy atom. The standard InChI is InChI=1S/C15H23N3O2/c1-3-11(2)17-6-8-18(9-7-17)14-5-4-12(16)10-13(14)15(19)20/h4-5,10-11H,3,6-9,16H2,1-2H3,(H,19,20). The number of anilines is 2. The first-order valence-electron chi connectivity index (χ1n) is 7.14. The minimum absolute atomic E-state index is 0.294. The zero-order valence-electron chi connectivity index (χ0n) is 12.2. The van der Waals surface area contributed by atoms with Gasteiger partial charge < -0.3 is 15.7 Å². The van der Waals surface area contributed by atoms with Gasteiger partial charge >= 0.3 is 5.97 Å². The summed E-state index contributed by atoms with van der Waals surface area (Å²) < 4.78 is 0. The summed E-state index contributed by atoms with van der Waals surface area (Å²) in [7, 11) is 0. The van der Waals surface area contributed by atoms with Crippen LogP contribution in [0.15, 0.2) is 18.2 Å². The maximum Gasteiger partial charge on any atom is 0.337 e. The van der Waals surface area contributed by atoms with E-state index in [1.165, 1.54) is 0 Å². The molecule has 20 heavy (non-hydrogen) atoms. The smallest absolute Gasteiger partial charge is 0.337 e. The average molecular weight is 277 g/mol. The number of nitrogen functional groups attached to an aromatic ring is 1. The lowest BCUT2D eigenvalue weighted by molar-refractivity contribution is 0.0697. The summed E-state index contributed by atoms with van der Waals surface area (Å²) in [6, 6.07) is 5.71. The third-order valence-corrected chi connectivity index (χ3v) is 4.12. The first kappa shape index (κ1) is 14.7. The van der Waals surface area contributed by atoms with E-state index in [-0.39, 0.29) is 0 Å². The summed E-state index contributed by atoms with van der Waals surface area (Å²) in [5, 5.41) is 9.31. The number of benzene rings is 1. The minimum atomic E-state index is -0.920. The topological polar surface area (TPSA) is 69.8 Å². The predicted octanol–water partition coefficient (Wildman–Crippen LogP) is 1.89. The van der Waals surface area contributed by atoms with E-state index >= 15 is 0 Å². The summed E-state index contributed by atoms with van der Waals surface area (Å²) >= 11 is 0. The van der Waals surface area contributed by atoms with Crippen molar-refractivity contribution >= 4 is 17.3 Å². The van der Waals surface area contributed by atoms with Gasteiger partial charge in [-0.15, -0.1) is 0 Å². The molecule has 1 unspecified atom stereocenters. The number of hydrogen-bond donors (Lipinski definition) is 2. The Morgan fingerprint density at radius 2 is 2.00 bits per heavy atom. The lowest BCUT2D eigenvalue weighted by Crippen LogP contribution is -2.49. The third-order valence-electron chi connectivity index (χ3n) is 4.12. The van der Waals surface area contributed by atoms with Gasteiger partial charge in [0.2, 0.25) is 0 Å². The van der Waals surface area contributed by atoms with Crippen molar-refractivity contribution < 1.29 is 9.90 Å². The van der Waals surface area contributed by atoms with Crippen molar-refractivity contribution in [3.05, 3.63) is 23.8 Å². The van der Waals surface area contributed by atoms with Gasteiger partial charge in [0.1, 0.15) is 0 Å². The molecule has 5 nitrogen and oxygen atoms in total. The van der Waals surface area contributed by atoms with Crippen molar-refractivity contribution in [1.82, 2.24) is 4.90 Å². The fourth-order valence-electron chi connectivity index (χ4n) is 2.66. The Balaban J connectivity index is 2.13. The van der Waals surface area contributed by atoms with Gasteiger partial charge in [-0.25, -0.2) is 4.79 Å². The molecule has 1 aliphatic rings. The van der Waals surface area contributed by atoms with Crippen LogP contribution in [-0.2, 0) is 0 Å². The molecule has 5 heteroatoms. The van der Waals surface area contributed by atoms with Gasteiger partial charge in [0.15, 0.2) is 0 Å². The number of aromatic carboxylic acids is 1. The molecule has 0 saturated carbocycles. The van der Waals surface area contributed by atoms with E-state index in [0.29, 0.717) is 17.3 Å². The largest absolute Gasteiger partial charge is 0.478 e. The quantitative estimate of drug-likeness (QED) is 0.822. The summed E-state index contributed by atoms with van der Waals surface area (Å²) in [6.07, 6.45) is 1.14. The molecular formula is C15H23N3O2. The maximum absolute atomic E-state index is 11.3. The molecule has 0 radical (unpaired) electrons. The molecule has 1 aromatic rings. The first-order chi connectivity index (χ1) is 9.52. The molecule has 110 valence electrons. The molecule has 0 amide bonds. The Kier molecular flexibility index (Phi) is 4.49. The van der Waals surface area contributed by atoms with Gasteiger partial charge in [-0.1, -0.05) is 6.92 Å². The SMILES string of the molecule is CCC(C)N1CCN(c2ccc(N)cc2C(=O)O)CC1. The highest BCUT2D eigenvalue weighted by molar-refractivity contribution is 5.95. The number of piperazine rings is 1. The molecule has 3 N–H and O–H groups in total. The van der Waals surface area contributed by atoms with Crippen LogP contribution in [0.2, 0.25) is 0 Å². The summed E-state index contributed by atoms with van der Waals surface area (Å²) in [6.45, 7) is 8.08. The molecule has 1 heterocycles. The molecule has 0 spiro atoms. The van der Waals surface area contributed by atoms with Gasteiger partial charge in [0.25, 0.3) is 0 Å². The van der Waals surface area contributed by atoms with Crippen LogP contribution in [0.3, 0.4) is 0 Å². The van der Waals surface area contributed by atoms with Crippen LogP contribution in [-0.4, -0.2) is 48.2 Å². The zero-order valence-corrected chi connectivity index (χ0v) is 12.2. The summed E-state index contributed by atoms with van der Waals surface area (Å²) in [5.41, 5.74) is 7.24. The maximum atomic E-state index is 11.3. The average Bonchev–Trinajstić information content (AvgIpc) is 2.46. The van der Waals surface area contributed by atoms with Gasteiger partial charge in [-0.3, -0.25) is 4.90 Å². The van der Waals surface area contributed by atoms with Crippen LogP contribution < -0.4 is 10.6 Å². The lowest BCUT2D eigenvalue weighted by Gasteiger charge is -2.39. The van der Waals surface area contributed by atoms with Crippen LogP contribution in [0, 0.1) is 0 Å². The highest BCUT2D eigenvalue weighted by Crippen LogP contribution is 2.25. The van der Waals surface area contributed by atoms with Crippen LogP contribution >= 0.6 is 0 Å². The van der Waals surface area contributed by atoms with Crippen molar-refractivity contribution in [1.29, 1.82) is 0 Å². The first-order valence-corrected chi connectivity index (χ1v) is 7.14. The van der Waals surface area contributed by atoms with Crippen LogP contribution in [0.5, 0.6) is 0 Å². The number of nitrogens with two attached hydrogens (primary N) is 1. The van der Waals surface area contributed by atoms with E-state index in [1.54, 1.807) is 12.1 Å². The van der Waals surface area contributed by atoms with E-state index in [9.17, 15) is 9.90 Å². The molecule has 1 fully saturated rings. The Morgan fingerprint density at radius 1 is 1.35 bits per heavy atom. The van der Waals surface area contributed by atoms with Crippen molar-refractivity contribution in [2.75, 3.05) is 36.8 Å². The molecule has 1 aliphatic heterocycles. The molecule has 2 rings (SSSR count). The molecule has 0 aliphatic carbocycles. The van der Waals surface area contributed by atoms with Gasteiger partial charge in [0, 0.05) is 37.9 Å². The Labute approximate surface area is 120 Å². The zero-order chi connectivity index (χ0) is 14.7. The van der Waals surface area contributed by atoms with Crippen molar-refractivity contribution in [3.8, 4) is 0 Å². The van der Waals surface area contributed by atoms with Gasteiger partial charge in [-0.05, 0) is 31.5 Å². The Hall–Kier alpha value is -1.75. The lowest BCUT2D eigenvalue weighted by atomic mass is 10.1. The molecule has 0 aromatic heterocycles. The van der Waals surface area contributed by atoms with E-state index in [0.717, 1.165) is 38.3 Å². The number of nitrogens with zero attached hydrogens (tertiary/aromatic N) is 2. The second kappa shape index (κ2) is 6.13. The van der Waals surface area contributed by atoms with E-state index in [2.05, 4.69) is 23.6 Å². The van der Waals surface area contributed by atoms with Gasteiger partial charge in [0.05, 0.1) is 11.3 Å². The minimum Gasteiger partial charge on any atom is -0.478 e. The van der Waals surface area contributed by atoms with Crippen LogP contribution in [0.1, 0.15) is 30.6 Å². The number of rotatable bonds is 4. The van der Waals surface area contributed by atoms with E-state index in [1.807, 2.05) is 6.07 Å². The second-order valence-electron chi connectivity index (χ2n) is 5.36. The summed E-state index contributed by atoms with van der Waals surface area (Å²) in [4.78, 5) is 15.9. The molecule has 1 atom stereocenters. The number of carboxylic acid groups (broad SMARTS) is 1. The van der Waals surface area contributed by atoms with Crippen LogP contribution in [0.25, 0.3) is 0 Å². The fraction of sp³-hybridized carbons (Fsp3) is 0.533. The molecular weight excluding hydrogens is 254 g/mol. The molecule has 0 bridgehead atoms. The van der Waals surface area contributed by atoms with E-state index in [4.69, 9.17) is 5.73 Å². The van der Waals surface area contributed by atoms with Crippen molar-refractivity contribution in [2.24, 2.45) is 0 Å². The molecule has 1 aromatic carbocycles. The second-order valence-corrected chi connectivity index (χ2v) is 5.36. The fourth-order valence-corrected chi connectivity index (χ4v) is 2.66. The number of carbonyl (C=O) groups is 1. The number of carboxylic acids is 1. The van der Waals surface area contributed by atoms with Crippen molar-refractivity contribution in [2.45, 2.75) is 26.3 Å². The molecule has 1 saturated heterocycles.